The summed E-state index contributed by atoms with van der Waals surface area (Å²) in [5.41, 5.74) is 5.89. The van der Waals surface area contributed by atoms with Crippen molar-refractivity contribution in [2.24, 2.45) is 0 Å². The Hall–Kier alpha value is -1.31. The van der Waals surface area contributed by atoms with Crippen molar-refractivity contribution in [1.29, 1.82) is 0 Å². The Morgan fingerprint density at radius 1 is 1.26 bits per heavy atom. The highest BCUT2D eigenvalue weighted by atomic mass is 79.9. The summed E-state index contributed by atoms with van der Waals surface area (Å²) < 4.78 is 27.2. The molecule has 2 aromatic rings. The second-order valence-corrected chi connectivity index (χ2v) is 6.44. The number of sulfonamides is 1. The van der Waals surface area contributed by atoms with Gasteiger partial charge in [-0.15, -0.1) is 0 Å². The van der Waals surface area contributed by atoms with Crippen molar-refractivity contribution >= 4 is 49.1 Å². The van der Waals surface area contributed by atoms with Gasteiger partial charge in [-0.3, -0.25) is 4.72 Å². The summed E-state index contributed by atoms with van der Waals surface area (Å²) in [6, 6.07) is 7.74. The lowest BCUT2D eigenvalue weighted by atomic mass is 10.3. The summed E-state index contributed by atoms with van der Waals surface area (Å²) in [6.45, 7) is 0. The number of aromatic nitrogens is 1. The average molecular weight is 363 g/mol. The lowest BCUT2D eigenvalue weighted by Crippen LogP contribution is -2.15. The minimum Gasteiger partial charge on any atom is -0.383 e. The molecule has 0 unspecified atom stereocenters. The van der Waals surface area contributed by atoms with Gasteiger partial charge in [0.15, 0.2) is 0 Å². The van der Waals surface area contributed by atoms with Crippen molar-refractivity contribution in [2.75, 3.05) is 10.5 Å². The van der Waals surface area contributed by atoms with Gasteiger partial charge in [0.25, 0.3) is 10.0 Å². The van der Waals surface area contributed by atoms with Crippen LogP contribution in [-0.2, 0) is 10.0 Å². The maximum atomic E-state index is 12.2. The lowest BCUT2D eigenvalue weighted by Gasteiger charge is -2.11. The maximum Gasteiger partial charge on any atom is 0.265 e. The summed E-state index contributed by atoms with van der Waals surface area (Å²) in [4.78, 5) is 3.67. The van der Waals surface area contributed by atoms with Crippen LogP contribution in [0.5, 0.6) is 0 Å². The molecular formula is C11H9BrClN3O2S. The first-order chi connectivity index (χ1) is 8.92. The molecule has 0 atom stereocenters. The molecule has 0 radical (unpaired) electrons. The van der Waals surface area contributed by atoms with E-state index in [0.29, 0.717) is 15.2 Å². The topological polar surface area (TPSA) is 85.1 Å². The van der Waals surface area contributed by atoms with Crippen LogP contribution >= 0.6 is 27.5 Å². The molecule has 0 aliphatic heterocycles. The fraction of sp³-hybridized carbons (Fsp3) is 0. The third kappa shape index (κ3) is 2.99. The smallest absolute Gasteiger partial charge is 0.265 e. The molecule has 1 aromatic heterocycles. The van der Waals surface area contributed by atoms with Gasteiger partial charge in [0.05, 0.1) is 15.2 Å². The van der Waals surface area contributed by atoms with Crippen LogP contribution in [0.4, 0.5) is 11.5 Å². The molecule has 0 aliphatic carbocycles. The zero-order valence-corrected chi connectivity index (χ0v) is 12.6. The number of hydrogen-bond acceptors (Lipinski definition) is 4. The molecule has 0 amide bonds. The minimum absolute atomic E-state index is 0.0619. The van der Waals surface area contributed by atoms with E-state index in [1.165, 1.54) is 18.3 Å². The Kier molecular flexibility index (Phi) is 3.98. The first-order valence-electron chi connectivity index (χ1n) is 5.09. The molecule has 0 fully saturated rings. The van der Waals surface area contributed by atoms with Crippen molar-refractivity contribution in [3.05, 3.63) is 46.0 Å². The highest BCUT2D eigenvalue weighted by molar-refractivity contribution is 9.10. The number of nitrogens with one attached hydrogen (secondary N) is 1. The van der Waals surface area contributed by atoms with Crippen LogP contribution in [0.2, 0.25) is 5.02 Å². The molecular weight excluding hydrogens is 354 g/mol. The summed E-state index contributed by atoms with van der Waals surface area (Å²) in [6.07, 6.45) is 1.42. The van der Waals surface area contributed by atoms with E-state index in [1.54, 1.807) is 18.2 Å². The predicted octanol–water partition coefficient (Wildman–Crippen LogP) is 2.88. The first-order valence-corrected chi connectivity index (χ1v) is 7.74. The second-order valence-electron chi connectivity index (χ2n) is 3.59. The Morgan fingerprint density at radius 2 is 2.00 bits per heavy atom. The van der Waals surface area contributed by atoms with Crippen LogP contribution in [0.3, 0.4) is 0 Å². The fourth-order valence-electron chi connectivity index (χ4n) is 1.41. The Bertz CT molecular complexity index is 722. The quantitative estimate of drug-likeness (QED) is 0.879. The number of nitrogens with two attached hydrogens (primary N) is 1. The van der Waals surface area contributed by atoms with E-state index in [2.05, 4.69) is 25.6 Å². The first kappa shape index (κ1) is 14.1. The molecule has 5 nitrogen and oxygen atoms in total. The van der Waals surface area contributed by atoms with Gasteiger partial charge >= 0.3 is 0 Å². The van der Waals surface area contributed by atoms with Crippen LogP contribution < -0.4 is 10.5 Å². The third-order valence-corrected chi connectivity index (χ3v) is 5.10. The molecule has 0 saturated carbocycles. The molecule has 100 valence electrons. The van der Waals surface area contributed by atoms with Gasteiger partial charge in [0.2, 0.25) is 0 Å². The van der Waals surface area contributed by atoms with Gasteiger partial charge in [-0.25, -0.2) is 13.4 Å². The summed E-state index contributed by atoms with van der Waals surface area (Å²) in [7, 11) is -3.81. The standard InChI is InChI=1S/C11H9BrClN3O2S/c12-10-7(13)3-1-4-8(10)16-19(17,18)9-5-2-6-15-11(9)14/h1-6,16H,(H2,14,15). The van der Waals surface area contributed by atoms with E-state index in [0.717, 1.165) is 0 Å². The summed E-state index contributed by atoms with van der Waals surface area (Å²) >= 11 is 9.12. The molecule has 8 heteroatoms. The number of anilines is 2. The van der Waals surface area contributed by atoms with E-state index >= 15 is 0 Å². The summed E-state index contributed by atoms with van der Waals surface area (Å²) in [5.74, 6) is -0.0619. The average Bonchev–Trinajstić information content (AvgIpc) is 2.35. The van der Waals surface area contributed by atoms with Gasteiger partial charge in [-0.2, -0.15) is 0 Å². The molecule has 1 heterocycles. The van der Waals surface area contributed by atoms with Crippen LogP contribution in [0, 0.1) is 0 Å². The Balaban J connectivity index is 2.43. The highest BCUT2D eigenvalue weighted by Gasteiger charge is 2.19. The molecule has 1 aromatic carbocycles. The zero-order chi connectivity index (χ0) is 14.0. The third-order valence-electron chi connectivity index (χ3n) is 2.29. The van der Waals surface area contributed by atoms with E-state index in [-0.39, 0.29) is 10.7 Å². The van der Waals surface area contributed by atoms with E-state index in [9.17, 15) is 8.42 Å². The molecule has 3 N–H and O–H groups in total. The number of nitrogen functional groups attached to an aromatic ring is 1. The fourth-order valence-corrected chi connectivity index (χ4v) is 3.24. The SMILES string of the molecule is Nc1ncccc1S(=O)(=O)Nc1cccc(Cl)c1Br. The van der Waals surface area contributed by atoms with E-state index < -0.39 is 10.0 Å². The van der Waals surface area contributed by atoms with Gasteiger partial charge in [-0.05, 0) is 40.2 Å². The molecule has 0 aliphatic rings. The van der Waals surface area contributed by atoms with Gasteiger partial charge in [-0.1, -0.05) is 17.7 Å². The number of benzene rings is 1. The van der Waals surface area contributed by atoms with Crippen molar-refractivity contribution < 1.29 is 8.42 Å². The van der Waals surface area contributed by atoms with Crippen LogP contribution in [0.15, 0.2) is 45.9 Å². The van der Waals surface area contributed by atoms with Crippen molar-refractivity contribution in [2.45, 2.75) is 4.90 Å². The summed E-state index contributed by atoms with van der Waals surface area (Å²) in [5, 5.41) is 0.402. The van der Waals surface area contributed by atoms with Gasteiger partial charge in [0.1, 0.15) is 10.7 Å². The second kappa shape index (κ2) is 5.36. The van der Waals surface area contributed by atoms with Crippen molar-refractivity contribution in [3.63, 3.8) is 0 Å². The number of pyridine rings is 1. The van der Waals surface area contributed by atoms with E-state index in [1.807, 2.05) is 0 Å². The number of rotatable bonds is 3. The number of hydrogen-bond donors (Lipinski definition) is 2. The van der Waals surface area contributed by atoms with Crippen LogP contribution in [-0.4, -0.2) is 13.4 Å². The molecule has 0 saturated heterocycles. The lowest BCUT2D eigenvalue weighted by molar-refractivity contribution is 0.601. The van der Waals surface area contributed by atoms with Crippen LogP contribution in [0.25, 0.3) is 0 Å². The van der Waals surface area contributed by atoms with Gasteiger partial charge < -0.3 is 5.73 Å². The molecule has 19 heavy (non-hydrogen) atoms. The monoisotopic (exact) mass is 361 g/mol. The van der Waals surface area contributed by atoms with Crippen LogP contribution in [0.1, 0.15) is 0 Å². The number of nitrogens with zero attached hydrogens (tertiary/aromatic N) is 1. The largest absolute Gasteiger partial charge is 0.383 e. The molecule has 2 rings (SSSR count). The zero-order valence-electron chi connectivity index (χ0n) is 9.47. The highest BCUT2D eigenvalue weighted by Crippen LogP contribution is 2.31. The van der Waals surface area contributed by atoms with E-state index in [4.69, 9.17) is 17.3 Å². The normalized spacial score (nSPS) is 11.3. The van der Waals surface area contributed by atoms with Crippen molar-refractivity contribution in [1.82, 2.24) is 4.98 Å². The molecule has 0 spiro atoms. The minimum atomic E-state index is -3.81. The Labute approximate surface area is 124 Å². The maximum absolute atomic E-state index is 12.2. The predicted molar refractivity (Wildman–Crippen MR) is 78.6 cm³/mol. The van der Waals surface area contributed by atoms with Crippen molar-refractivity contribution in [3.8, 4) is 0 Å². The Morgan fingerprint density at radius 3 is 2.68 bits per heavy atom. The van der Waals surface area contributed by atoms with Gasteiger partial charge in [0, 0.05) is 6.20 Å². The number of halogens is 2. The molecule has 0 bridgehead atoms.